The van der Waals surface area contributed by atoms with E-state index in [4.69, 9.17) is 0 Å². The average molecular weight is 369 g/mol. The van der Waals surface area contributed by atoms with E-state index < -0.39 is 0 Å². The molecule has 1 amide bonds. The fourth-order valence-corrected chi connectivity index (χ4v) is 4.69. The number of rotatable bonds is 4. The summed E-state index contributed by atoms with van der Waals surface area (Å²) in [7, 11) is 0. The number of thioether (sulfide) groups is 1. The van der Waals surface area contributed by atoms with Crippen LogP contribution in [0.5, 0.6) is 0 Å². The van der Waals surface area contributed by atoms with Crippen LogP contribution in [0.3, 0.4) is 0 Å². The Morgan fingerprint density at radius 1 is 1.12 bits per heavy atom. The van der Waals surface area contributed by atoms with E-state index in [0.29, 0.717) is 5.92 Å². The molecule has 0 spiro atoms. The molecule has 0 aliphatic carbocycles. The topological polar surface area (TPSA) is 49.3 Å². The van der Waals surface area contributed by atoms with E-state index in [-0.39, 0.29) is 11.9 Å². The molecule has 5 rings (SSSR count). The second-order valence-electron chi connectivity index (χ2n) is 7.13. The van der Waals surface area contributed by atoms with Crippen molar-refractivity contribution in [2.45, 2.75) is 30.5 Å². The van der Waals surface area contributed by atoms with Gasteiger partial charge in [0.1, 0.15) is 5.03 Å². The van der Waals surface area contributed by atoms with Gasteiger partial charge in [-0.05, 0) is 49.3 Å². The number of hydrogen-bond acceptors (Lipinski definition) is 5. The number of nitrogens with zero attached hydrogens (tertiary/aromatic N) is 4. The molecule has 3 aliphatic rings. The Balaban J connectivity index is 1.52. The Labute approximate surface area is 158 Å². The lowest BCUT2D eigenvalue weighted by Gasteiger charge is -2.36. The first-order valence-corrected chi connectivity index (χ1v) is 10.4. The van der Waals surface area contributed by atoms with Crippen LogP contribution in [-0.4, -0.2) is 57.6 Å². The van der Waals surface area contributed by atoms with E-state index in [1.54, 1.807) is 6.20 Å². The van der Waals surface area contributed by atoms with E-state index in [1.165, 1.54) is 18.2 Å². The maximum atomic E-state index is 13.2. The Bertz CT molecular complexity index is 769. The summed E-state index contributed by atoms with van der Waals surface area (Å²) in [6.07, 6.45) is 7.87. The highest BCUT2D eigenvalue weighted by Gasteiger charge is 2.38. The van der Waals surface area contributed by atoms with E-state index >= 15 is 0 Å². The second-order valence-corrected chi connectivity index (χ2v) is 7.93. The minimum atomic E-state index is 0.136. The van der Waals surface area contributed by atoms with E-state index in [9.17, 15) is 4.79 Å². The summed E-state index contributed by atoms with van der Waals surface area (Å²) in [5, 5.41) is 0.822. The van der Waals surface area contributed by atoms with Gasteiger partial charge < -0.3 is 4.90 Å². The van der Waals surface area contributed by atoms with Gasteiger partial charge in [0.05, 0.1) is 11.3 Å². The standard InChI is InChI=1S/C20H24N4OS/c1-26-19-18(6-4-10-22-19)20(25)24-12-15-7-8-17(24)14-23(11-15)13-16-5-2-3-9-21-16/h2-6,9-10,15,17H,7-8,11-14H2,1H3/t15-,17+/m0/s1. The Hall–Kier alpha value is -1.92. The van der Waals surface area contributed by atoms with Gasteiger partial charge in [-0.3, -0.25) is 14.7 Å². The normalized spacial score (nSPS) is 23.0. The minimum absolute atomic E-state index is 0.136. The van der Waals surface area contributed by atoms with Crippen LogP contribution in [0.15, 0.2) is 47.8 Å². The molecule has 5 heterocycles. The Kier molecular flexibility index (Phi) is 5.22. The molecule has 136 valence electrons. The van der Waals surface area contributed by atoms with Crippen LogP contribution in [0, 0.1) is 5.92 Å². The van der Waals surface area contributed by atoms with Gasteiger partial charge >= 0.3 is 0 Å². The van der Waals surface area contributed by atoms with Crippen molar-refractivity contribution >= 4 is 17.7 Å². The molecular formula is C20H24N4OS. The van der Waals surface area contributed by atoms with Crippen molar-refractivity contribution in [2.75, 3.05) is 25.9 Å². The van der Waals surface area contributed by atoms with Gasteiger partial charge in [-0.15, -0.1) is 11.8 Å². The van der Waals surface area contributed by atoms with Crippen molar-refractivity contribution in [1.29, 1.82) is 0 Å². The molecule has 0 aromatic carbocycles. The highest BCUT2D eigenvalue weighted by atomic mass is 32.2. The molecule has 0 radical (unpaired) electrons. The van der Waals surface area contributed by atoms with Crippen LogP contribution in [-0.2, 0) is 6.54 Å². The van der Waals surface area contributed by atoms with E-state index in [2.05, 4.69) is 25.8 Å². The summed E-state index contributed by atoms with van der Waals surface area (Å²) in [6.45, 7) is 3.68. The summed E-state index contributed by atoms with van der Waals surface area (Å²) >= 11 is 1.54. The SMILES string of the molecule is CSc1ncccc1C(=O)N1C[C@H]2CC[C@@H]1CN(Cc1ccccn1)C2. The predicted molar refractivity (Wildman–Crippen MR) is 103 cm³/mol. The van der Waals surface area contributed by atoms with Crippen molar-refractivity contribution in [1.82, 2.24) is 19.8 Å². The van der Waals surface area contributed by atoms with Gasteiger partial charge in [0.2, 0.25) is 0 Å². The predicted octanol–water partition coefficient (Wildman–Crippen LogP) is 2.94. The van der Waals surface area contributed by atoms with Crippen molar-refractivity contribution in [2.24, 2.45) is 5.92 Å². The molecule has 2 atom stereocenters. The van der Waals surface area contributed by atoms with Gasteiger partial charge in [-0.25, -0.2) is 4.98 Å². The highest BCUT2D eigenvalue weighted by Crippen LogP contribution is 2.31. The number of pyridine rings is 2. The van der Waals surface area contributed by atoms with E-state index in [1.807, 2.05) is 36.7 Å². The summed E-state index contributed by atoms with van der Waals surface area (Å²) in [5.41, 5.74) is 1.84. The first-order valence-electron chi connectivity index (χ1n) is 9.17. The first kappa shape index (κ1) is 17.5. The highest BCUT2D eigenvalue weighted by molar-refractivity contribution is 7.98. The van der Waals surface area contributed by atoms with E-state index in [0.717, 1.165) is 48.9 Å². The molecule has 3 fully saturated rings. The van der Waals surface area contributed by atoms with Crippen molar-refractivity contribution in [3.8, 4) is 0 Å². The zero-order valence-corrected chi connectivity index (χ0v) is 15.9. The van der Waals surface area contributed by atoms with Crippen LogP contribution in [0.1, 0.15) is 28.9 Å². The fourth-order valence-electron chi connectivity index (χ4n) is 4.15. The third kappa shape index (κ3) is 3.62. The monoisotopic (exact) mass is 368 g/mol. The number of fused-ring (bicyclic) bond motifs is 4. The molecule has 2 aromatic rings. The first-order chi connectivity index (χ1) is 12.7. The summed E-state index contributed by atoms with van der Waals surface area (Å²) < 4.78 is 0. The van der Waals surface area contributed by atoms with Crippen LogP contribution >= 0.6 is 11.8 Å². The molecule has 0 unspecified atom stereocenters. The summed E-state index contributed by atoms with van der Waals surface area (Å²) in [5.74, 6) is 0.674. The molecule has 3 aliphatic heterocycles. The number of piperidine rings is 1. The van der Waals surface area contributed by atoms with Gasteiger partial charge in [-0.2, -0.15) is 0 Å². The third-order valence-corrected chi connectivity index (χ3v) is 6.07. The van der Waals surface area contributed by atoms with Gasteiger partial charge in [0.15, 0.2) is 0 Å². The third-order valence-electron chi connectivity index (χ3n) is 5.36. The number of aromatic nitrogens is 2. The average Bonchev–Trinajstić information content (AvgIpc) is 2.98. The largest absolute Gasteiger partial charge is 0.334 e. The molecule has 2 bridgehead atoms. The Morgan fingerprint density at radius 3 is 2.81 bits per heavy atom. The molecule has 3 saturated heterocycles. The maximum absolute atomic E-state index is 13.2. The molecular weight excluding hydrogens is 344 g/mol. The second kappa shape index (κ2) is 7.76. The Morgan fingerprint density at radius 2 is 2.00 bits per heavy atom. The molecule has 6 heteroatoms. The lowest BCUT2D eigenvalue weighted by molar-refractivity contribution is 0.0580. The zero-order chi connectivity index (χ0) is 17.9. The lowest BCUT2D eigenvalue weighted by Crippen LogP contribution is -2.47. The quantitative estimate of drug-likeness (QED) is 0.777. The molecule has 26 heavy (non-hydrogen) atoms. The smallest absolute Gasteiger partial charge is 0.256 e. The molecule has 2 aromatic heterocycles. The minimum Gasteiger partial charge on any atom is -0.334 e. The molecule has 0 saturated carbocycles. The molecule has 5 nitrogen and oxygen atoms in total. The van der Waals surface area contributed by atoms with Crippen LogP contribution in [0.4, 0.5) is 0 Å². The van der Waals surface area contributed by atoms with Crippen LogP contribution in [0.2, 0.25) is 0 Å². The zero-order valence-electron chi connectivity index (χ0n) is 15.0. The fraction of sp³-hybridized carbons (Fsp3) is 0.450. The van der Waals surface area contributed by atoms with Crippen molar-refractivity contribution in [3.63, 3.8) is 0 Å². The van der Waals surface area contributed by atoms with Crippen LogP contribution < -0.4 is 0 Å². The number of carbonyl (C=O) groups excluding carboxylic acids is 1. The number of hydrogen-bond donors (Lipinski definition) is 0. The maximum Gasteiger partial charge on any atom is 0.256 e. The van der Waals surface area contributed by atoms with Gasteiger partial charge in [-0.1, -0.05) is 6.07 Å². The molecule has 0 N–H and O–H groups in total. The van der Waals surface area contributed by atoms with Crippen molar-refractivity contribution < 1.29 is 4.79 Å². The van der Waals surface area contributed by atoms with Crippen molar-refractivity contribution in [3.05, 3.63) is 54.0 Å². The number of amides is 1. The lowest BCUT2D eigenvalue weighted by atomic mass is 9.94. The summed E-state index contributed by atoms with van der Waals surface area (Å²) in [4.78, 5) is 26.6. The number of carbonyl (C=O) groups is 1. The van der Waals surface area contributed by atoms with Gasteiger partial charge in [0, 0.05) is 44.6 Å². The summed E-state index contributed by atoms with van der Waals surface area (Å²) in [6, 6.07) is 10.1. The van der Waals surface area contributed by atoms with Gasteiger partial charge in [0.25, 0.3) is 5.91 Å². The van der Waals surface area contributed by atoms with Crippen LogP contribution in [0.25, 0.3) is 0 Å².